The van der Waals surface area contributed by atoms with Crippen molar-refractivity contribution in [2.24, 2.45) is 17.6 Å². The largest absolute Gasteiger partial charge is 0.388 e. The molecule has 0 saturated heterocycles. The summed E-state index contributed by atoms with van der Waals surface area (Å²) >= 11 is 0. The van der Waals surface area contributed by atoms with Crippen molar-refractivity contribution in [3.8, 4) is 0 Å². The molecule has 0 aliphatic rings. The van der Waals surface area contributed by atoms with Gasteiger partial charge >= 0.3 is 0 Å². The average Bonchev–Trinajstić information content (AvgIpc) is 2.36. The van der Waals surface area contributed by atoms with Crippen molar-refractivity contribution in [2.75, 3.05) is 0 Å². The van der Waals surface area contributed by atoms with Crippen molar-refractivity contribution in [3.63, 3.8) is 0 Å². The molecule has 0 saturated carbocycles. The van der Waals surface area contributed by atoms with E-state index in [-0.39, 0.29) is 0 Å². The second kappa shape index (κ2) is 8.73. The predicted octanol–water partition coefficient (Wildman–Crippen LogP) is 4.39. The van der Waals surface area contributed by atoms with E-state index in [1.165, 1.54) is 24.8 Å². The third kappa shape index (κ3) is 7.66. The lowest BCUT2D eigenvalue weighted by Gasteiger charge is -2.19. The highest BCUT2D eigenvalue weighted by molar-refractivity contribution is 5.76. The molecule has 0 bridgehead atoms. The SMILES string of the molecule is CC(C)CC(CCCC(=N)N)CCc1ccccc1. The van der Waals surface area contributed by atoms with Gasteiger partial charge in [-0.05, 0) is 49.5 Å². The molecule has 2 heteroatoms. The molecule has 1 aromatic carbocycles. The molecule has 106 valence electrons. The van der Waals surface area contributed by atoms with E-state index >= 15 is 0 Å². The molecule has 0 spiro atoms. The van der Waals surface area contributed by atoms with Crippen LogP contribution < -0.4 is 5.73 Å². The molecule has 0 radical (unpaired) electrons. The number of benzene rings is 1. The molecule has 0 heterocycles. The van der Waals surface area contributed by atoms with Crippen molar-refractivity contribution in [3.05, 3.63) is 35.9 Å². The molecule has 0 amide bonds. The van der Waals surface area contributed by atoms with E-state index in [4.69, 9.17) is 11.1 Å². The fourth-order valence-electron chi connectivity index (χ4n) is 2.64. The van der Waals surface area contributed by atoms with Gasteiger partial charge in [0.2, 0.25) is 0 Å². The minimum absolute atomic E-state index is 0.325. The second-order valence-electron chi connectivity index (χ2n) is 5.94. The number of nitrogens with one attached hydrogen (secondary N) is 1. The van der Waals surface area contributed by atoms with Crippen LogP contribution in [0.2, 0.25) is 0 Å². The van der Waals surface area contributed by atoms with Crippen LogP contribution in [-0.4, -0.2) is 5.84 Å². The maximum Gasteiger partial charge on any atom is 0.0905 e. The van der Waals surface area contributed by atoms with Crippen LogP contribution in [0.1, 0.15) is 51.5 Å². The monoisotopic (exact) mass is 260 g/mol. The molecule has 0 aliphatic carbocycles. The minimum atomic E-state index is 0.325. The topological polar surface area (TPSA) is 49.9 Å². The molecular formula is C17H28N2. The zero-order chi connectivity index (χ0) is 14.1. The number of amidine groups is 1. The summed E-state index contributed by atoms with van der Waals surface area (Å²) in [5, 5.41) is 7.29. The van der Waals surface area contributed by atoms with Gasteiger partial charge in [-0.25, -0.2) is 0 Å². The van der Waals surface area contributed by atoms with Crippen LogP contribution in [0.4, 0.5) is 0 Å². The molecule has 0 fully saturated rings. The highest BCUT2D eigenvalue weighted by atomic mass is 14.7. The van der Waals surface area contributed by atoms with Gasteiger partial charge in [-0.15, -0.1) is 0 Å². The zero-order valence-corrected chi connectivity index (χ0v) is 12.4. The van der Waals surface area contributed by atoms with Crippen LogP contribution >= 0.6 is 0 Å². The third-order valence-corrected chi connectivity index (χ3v) is 3.55. The quantitative estimate of drug-likeness (QED) is 0.502. The molecule has 1 unspecified atom stereocenters. The lowest BCUT2D eigenvalue weighted by Crippen LogP contribution is -2.11. The number of nitrogens with two attached hydrogens (primary N) is 1. The molecule has 3 N–H and O–H groups in total. The van der Waals surface area contributed by atoms with Crippen LogP contribution in [0, 0.1) is 17.2 Å². The Balaban J connectivity index is 2.38. The number of hydrogen-bond acceptors (Lipinski definition) is 1. The Morgan fingerprint density at radius 2 is 1.84 bits per heavy atom. The van der Waals surface area contributed by atoms with Crippen LogP contribution in [-0.2, 0) is 6.42 Å². The van der Waals surface area contributed by atoms with E-state index in [1.54, 1.807) is 0 Å². The summed E-state index contributed by atoms with van der Waals surface area (Å²) in [6.07, 6.45) is 6.70. The van der Waals surface area contributed by atoms with Crippen LogP contribution in [0.15, 0.2) is 30.3 Å². The normalized spacial score (nSPS) is 12.6. The van der Waals surface area contributed by atoms with Gasteiger partial charge in [0.05, 0.1) is 5.84 Å². The van der Waals surface area contributed by atoms with Gasteiger partial charge in [0.15, 0.2) is 0 Å². The molecule has 1 atom stereocenters. The summed E-state index contributed by atoms with van der Waals surface area (Å²) < 4.78 is 0. The first-order valence-corrected chi connectivity index (χ1v) is 7.44. The standard InChI is InChI=1S/C17H28N2/c1-14(2)13-16(9-6-10-17(18)19)12-11-15-7-4-3-5-8-15/h3-5,7-8,14,16H,6,9-13H2,1-2H3,(H3,18,19). The summed E-state index contributed by atoms with van der Waals surface area (Å²) in [7, 11) is 0. The lowest BCUT2D eigenvalue weighted by molar-refractivity contribution is 0.358. The first-order valence-electron chi connectivity index (χ1n) is 7.44. The summed E-state index contributed by atoms with van der Waals surface area (Å²) in [6.45, 7) is 4.58. The Labute approximate surface area is 117 Å². The fraction of sp³-hybridized carbons (Fsp3) is 0.588. The highest BCUT2D eigenvalue weighted by Gasteiger charge is 2.11. The second-order valence-corrected chi connectivity index (χ2v) is 5.94. The summed E-state index contributed by atoms with van der Waals surface area (Å²) in [4.78, 5) is 0. The van der Waals surface area contributed by atoms with Crippen molar-refractivity contribution >= 4 is 5.84 Å². The van der Waals surface area contributed by atoms with Gasteiger partial charge < -0.3 is 5.73 Å². The first-order chi connectivity index (χ1) is 9.08. The Kier molecular flexibility index (Phi) is 7.24. The third-order valence-electron chi connectivity index (χ3n) is 3.55. The van der Waals surface area contributed by atoms with E-state index in [0.717, 1.165) is 31.1 Å². The van der Waals surface area contributed by atoms with Gasteiger partial charge in [0.25, 0.3) is 0 Å². The smallest absolute Gasteiger partial charge is 0.0905 e. The molecule has 19 heavy (non-hydrogen) atoms. The van der Waals surface area contributed by atoms with Gasteiger partial charge in [0.1, 0.15) is 0 Å². The van der Waals surface area contributed by atoms with Crippen LogP contribution in [0.5, 0.6) is 0 Å². The fourth-order valence-corrected chi connectivity index (χ4v) is 2.64. The van der Waals surface area contributed by atoms with Gasteiger partial charge in [-0.1, -0.05) is 44.2 Å². The first kappa shape index (κ1) is 15.7. The molecule has 1 rings (SSSR count). The van der Waals surface area contributed by atoms with Gasteiger partial charge in [0, 0.05) is 6.42 Å². The number of hydrogen-bond donors (Lipinski definition) is 2. The molecule has 1 aromatic rings. The average molecular weight is 260 g/mol. The summed E-state index contributed by atoms with van der Waals surface area (Å²) in [5.41, 5.74) is 6.86. The van der Waals surface area contributed by atoms with Crippen molar-refractivity contribution < 1.29 is 0 Å². The van der Waals surface area contributed by atoms with E-state index in [2.05, 4.69) is 44.2 Å². The molecule has 0 aromatic heterocycles. The van der Waals surface area contributed by atoms with E-state index in [9.17, 15) is 0 Å². The van der Waals surface area contributed by atoms with Gasteiger partial charge in [-0.3, -0.25) is 5.41 Å². The van der Waals surface area contributed by atoms with Crippen LogP contribution in [0.3, 0.4) is 0 Å². The number of aryl methyl sites for hydroxylation is 1. The lowest BCUT2D eigenvalue weighted by atomic mass is 9.87. The van der Waals surface area contributed by atoms with Gasteiger partial charge in [-0.2, -0.15) is 0 Å². The van der Waals surface area contributed by atoms with E-state index in [0.29, 0.717) is 5.84 Å². The van der Waals surface area contributed by atoms with Crippen molar-refractivity contribution in [2.45, 2.75) is 52.4 Å². The summed E-state index contributed by atoms with van der Waals surface area (Å²) in [5.74, 6) is 1.84. The zero-order valence-electron chi connectivity index (χ0n) is 12.4. The van der Waals surface area contributed by atoms with Crippen molar-refractivity contribution in [1.29, 1.82) is 5.41 Å². The van der Waals surface area contributed by atoms with Crippen LogP contribution in [0.25, 0.3) is 0 Å². The Hall–Kier alpha value is -1.31. The van der Waals surface area contributed by atoms with E-state index < -0.39 is 0 Å². The predicted molar refractivity (Wildman–Crippen MR) is 83.5 cm³/mol. The number of rotatable bonds is 9. The minimum Gasteiger partial charge on any atom is -0.388 e. The summed E-state index contributed by atoms with van der Waals surface area (Å²) in [6, 6.07) is 10.7. The Morgan fingerprint density at radius 3 is 2.42 bits per heavy atom. The van der Waals surface area contributed by atoms with Crippen molar-refractivity contribution in [1.82, 2.24) is 0 Å². The van der Waals surface area contributed by atoms with E-state index in [1.807, 2.05) is 0 Å². The highest BCUT2D eigenvalue weighted by Crippen LogP contribution is 2.23. The maximum atomic E-state index is 7.29. The Bertz CT molecular complexity index is 357. The molecular weight excluding hydrogens is 232 g/mol. The maximum absolute atomic E-state index is 7.29. The molecule has 2 nitrogen and oxygen atoms in total. The molecule has 0 aliphatic heterocycles. The Morgan fingerprint density at radius 1 is 1.16 bits per heavy atom.